The summed E-state index contributed by atoms with van der Waals surface area (Å²) >= 11 is 0. The third-order valence-corrected chi connectivity index (χ3v) is 6.32. The van der Waals surface area contributed by atoms with E-state index in [4.69, 9.17) is 9.47 Å². The van der Waals surface area contributed by atoms with Crippen molar-refractivity contribution in [2.75, 3.05) is 20.8 Å². The Morgan fingerprint density at radius 2 is 1.72 bits per heavy atom. The van der Waals surface area contributed by atoms with Crippen molar-refractivity contribution in [3.8, 4) is 11.5 Å². The van der Waals surface area contributed by atoms with Crippen molar-refractivity contribution in [3.05, 3.63) is 94.7 Å². The Morgan fingerprint density at radius 3 is 2.47 bits per heavy atom. The molecule has 0 saturated heterocycles. The first kappa shape index (κ1) is 20.2. The van der Waals surface area contributed by atoms with Gasteiger partial charge in [0.25, 0.3) is 5.91 Å². The Morgan fingerprint density at radius 1 is 0.969 bits per heavy atom. The van der Waals surface area contributed by atoms with E-state index in [1.807, 2.05) is 11.0 Å². The Bertz CT molecular complexity index is 1290. The number of nitrogens with zero attached hydrogens (tertiary/aromatic N) is 1. The topological polar surface area (TPSA) is 54.6 Å². The van der Waals surface area contributed by atoms with E-state index in [1.165, 1.54) is 16.5 Å². The number of nitrogens with one attached hydrogen (secondary N) is 1. The molecule has 2 heterocycles. The second-order valence-electron chi connectivity index (χ2n) is 8.19. The summed E-state index contributed by atoms with van der Waals surface area (Å²) in [5, 5.41) is 1.23. The third kappa shape index (κ3) is 3.30. The van der Waals surface area contributed by atoms with Crippen LogP contribution in [-0.2, 0) is 6.42 Å². The monoisotopic (exact) mass is 426 g/mol. The molecule has 5 rings (SSSR count). The van der Waals surface area contributed by atoms with Crippen LogP contribution in [0.4, 0.5) is 0 Å². The molecule has 4 aromatic rings. The molecule has 1 N–H and O–H groups in total. The van der Waals surface area contributed by atoms with Crippen LogP contribution in [-0.4, -0.2) is 36.6 Å². The van der Waals surface area contributed by atoms with Gasteiger partial charge in [-0.1, -0.05) is 48.0 Å². The van der Waals surface area contributed by atoms with Gasteiger partial charge in [-0.2, -0.15) is 0 Å². The van der Waals surface area contributed by atoms with Gasteiger partial charge < -0.3 is 19.4 Å². The largest absolute Gasteiger partial charge is 0.493 e. The predicted molar refractivity (Wildman–Crippen MR) is 126 cm³/mol. The van der Waals surface area contributed by atoms with Crippen LogP contribution in [0.25, 0.3) is 10.9 Å². The van der Waals surface area contributed by atoms with Gasteiger partial charge in [0, 0.05) is 28.7 Å². The first-order chi connectivity index (χ1) is 15.6. The number of para-hydroxylation sites is 1. The van der Waals surface area contributed by atoms with Crippen LogP contribution in [0, 0.1) is 6.92 Å². The van der Waals surface area contributed by atoms with E-state index in [0.29, 0.717) is 23.6 Å². The van der Waals surface area contributed by atoms with Crippen molar-refractivity contribution in [2.45, 2.75) is 19.4 Å². The van der Waals surface area contributed by atoms with Crippen LogP contribution in [0.15, 0.2) is 66.7 Å². The highest BCUT2D eigenvalue weighted by atomic mass is 16.5. The lowest BCUT2D eigenvalue weighted by Gasteiger charge is -2.36. The van der Waals surface area contributed by atoms with Gasteiger partial charge in [0.05, 0.1) is 20.3 Å². The molecule has 1 aliphatic rings. The molecule has 5 heteroatoms. The van der Waals surface area contributed by atoms with E-state index >= 15 is 0 Å². The number of hydrogen-bond donors (Lipinski definition) is 1. The summed E-state index contributed by atoms with van der Waals surface area (Å²) in [4.78, 5) is 19.3. The van der Waals surface area contributed by atoms with E-state index in [0.717, 1.165) is 23.2 Å². The second-order valence-corrected chi connectivity index (χ2v) is 8.19. The van der Waals surface area contributed by atoms with Crippen molar-refractivity contribution in [2.24, 2.45) is 0 Å². The summed E-state index contributed by atoms with van der Waals surface area (Å²) in [6, 6.07) is 22.0. The summed E-state index contributed by atoms with van der Waals surface area (Å²) in [5.74, 6) is 1.13. The summed E-state index contributed by atoms with van der Waals surface area (Å²) in [6.07, 6.45) is 0.806. The van der Waals surface area contributed by atoms with E-state index < -0.39 is 0 Å². The Kier molecular flexibility index (Phi) is 5.10. The predicted octanol–water partition coefficient (Wildman–Crippen LogP) is 5.28. The molecule has 1 aliphatic heterocycles. The third-order valence-electron chi connectivity index (χ3n) is 6.32. The van der Waals surface area contributed by atoms with Crippen LogP contribution < -0.4 is 9.47 Å². The highest BCUT2D eigenvalue weighted by molar-refractivity contribution is 5.96. The Balaban J connectivity index is 1.62. The number of aromatic amines is 1. The van der Waals surface area contributed by atoms with E-state index in [-0.39, 0.29) is 11.9 Å². The Labute approximate surface area is 187 Å². The van der Waals surface area contributed by atoms with Crippen LogP contribution in [0.1, 0.15) is 38.8 Å². The lowest BCUT2D eigenvalue weighted by atomic mass is 9.91. The van der Waals surface area contributed by atoms with E-state index in [1.54, 1.807) is 32.4 Å². The van der Waals surface area contributed by atoms with E-state index in [2.05, 4.69) is 54.4 Å². The first-order valence-electron chi connectivity index (χ1n) is 10.8. The standard InChI is InChI=1S/C27H26N2O3/c1-17-8-10-18(11-9-17)26-25-21(20-6-4-5-7-22(20)28-25)14-15-29(26)27(30)19-12-13-23(31-2)24(16-19)32-3/h4-13,16,26,28H,14-15H2,1-3H3/t26-/m0/s1. The molecule has 0 fully saturated rings. The molecule has 0 radical (unpaired) electrons. The van der Waals surface area contributed by atoms with Gasteiger partial charge in [0.15, 0.2) is 11.5 Å². The highest BCUT2D eigenvalue weighted by Crippen LogP contribution is 2.39. The maximum absolute atomic E-state index is 13.8. The minimum Gasteiger partial charge on any atom is -0.493 e. The molecule has 1 aromatic heterocycles. The molecule has 1 atom stereocenters. The van der Waals surface area contributed by atoms with Gasteiger partial charge in [-0.25, -0.2) is 0 Å². The summed E-state index contributed by atoms with van der Waals surface area (Å²) in [7, 11) is 3.17. The van der Waals surface area contributed by atoms with Gasteiger partial charge in [0.2, 0.25) is 0 Å². The number of fused-ring (bicyclic) bond motifs is 3. The number of aromatic nitrogens is 1. The van der Waals surface area contributed by atoms with Crippen LogP contribution in [0.5, 0.6) is 11.5 Å². The molecular weight excluding hydrogens is 400 g/mol. The fourth-order valence-electron chi connectivity index (χ4n) is 4.69. The average Bonchev–Trinajstić information content (AvgIpc) is 3.22. The normalized spacial score (nSPS) is 15.5. The van der Waals surface area contributed by atoms with Crippen molar-refractivity contribution >= 4 is 16.8 Å². The average molecular weight is 427 g/mol. The zero-order valence-electron chi connectivity index (χ0n) is 18.5. The fraction of sp³-hybridized carbons (Fsp3) is 0.222. The molecule has 0 spiro atoms. The Hall–Kier alpha value is -3.73. The van der Waals surface area contributed by atoms with Crippen molar-refractivity contribution in [3.63, 3.8) is 0 Å². The molecule has 162 valence electrons. The number of H-pyrrole nitrogens is 1. The van der Waals surface area contributed by atoms with Crippen LogP contribution >= 0.6 is 0 Å². The van der Waals surface area contributed by atoms with Crippen LogP contribution in [0.2, 0.25) is 0 Å². The maximum atomic E-state index is 13.8. The summed E-state index contributed by atoms with van der Waals surface area (Å²) in [6.45, 7) is 2.71. The lowest BCUT2D eigenvalue weighted by molar-refractivity contribution is 0.0691. The van der Waals surface area contributed by atoms with Crippen molar-refractivity contribution in [1.29, 1.82) is 0 Å². The number of methoxy groups -OCH3 is 2. The number of hydrogen-bond acceptors (Lipinski definition) is 3. The van der Waals surface area contributed by atoms with Gasteiger partial charge in [-0.15, -0.1) is 0 Å². The lowest BCUT2D eigenvalue weighted by Crippen LogP contribution is -2.40. The van der Waals surface area contributed by atoms with E-state index in [9.17, 15) is 4.79 Å². The summed E-state index contributed by atoms with van der Waals surface area (Å²) < 4.78 is 10.8. The van der Waals surface area contributed by atoms with Gasteiger partial charge in [-0.05, 0) is 48.7 Å². The number of benzene rings is 3. The highest BCUT2D eigenvalue weighted by Gasteiger charge is 2.35. The maximum Gasteiger partial charge on any atom is 0.254 e. The fourth-order valence-corrected chi connectivity index (χ4v) is 4.69. The molecule has 0 bridgehead atoms. The number of carbonyl (C=O) groups is 1. The number of ether oxygens (including phenoxy) is 2. The number of amides is 1. The van der Waals surface area contributed by atoms with Gasteiger partial charge in [0.1, 0.15) is 0 Å². The molecule has 3 aromatic carbocycles. The van der Waals surface area contributed by atoms with Crippen LogP contribution in [0.3, 0.4) is 0 Å². The number of aryl methyl sites for hydroxylation is 1. The van der Waals surface area contributed by atoms with Crippen molar-refractivity contribution < 1.29 is 14.3 Å². The second kappa shape index (κ2) is 8.08. The molecular formula is C27H26N2O3. The summed E-state index contributed by atoms with van der Waals surface area (Å²) in [5.41, 5.74) is 6.36. The number of carbonyl (C=O) groups excluding carboxylic acids is 1. The SMILES string of the molecule is COc1ccc(C(=O)N2CCc3c([nH]c4ccccc34)[C@@H]2c2ccc(C)cc2)cc1OC. The zero-order chi connectivity index (χ0) is 22.2. The van der Waals surface area contributed by atoms with Gasteiger partial charge >= 0.3 is 0 Å². The molecule has 0 unspecified atom stereocenters. The minimum atomic E-state index is -0.188. The molecule has 0 saturated carbocycles. The molecule has 0 aliphatic carbocycles. The minimum absolute atomic E-state index is 0.0270. The van der Waals surface area contributed by atoms with Gasteiger partial charge in [-0.3, -0.25) is 4.79 Å². The molecule has 5 nitrogen and oxygen atoms in total. The molecule has 1 amide bonds. The zero-order valence-corrected chi connectivity index (χ0v) is 18.5. The first-order valence-corrected chi connectivity index (χ1v) is 10.8. The smallest absolute Gasteiger partial charge is 0.254 e. The quantitative estimate of drug-likeness (QED) is 0.483. The molecule has 32 heavy (non-hydrogen) atoms. The number of rotatable bonds is 4. The van der Waals surface area contributed by atoms with Crippen molar-refractivity contribution in [1.82, 2.24) is 9.88 Å².